The van der Waals surface area contributed by atoms with Crippen LogP contribution in [0.15, 0.2) is 0 Å². The maximum atomic E-state index is 11.9. The molecule has 4 rings (SSSR count). The Labute approximate surface area is 337 Å². The van der Waals surface area contributed by atoms with Gasteiger partial charge in [0.2, 0.25) is 0 Å². The number of carbonyl (C=O) groups excluding carboxylic acids is 1. The minimum atomic E-state index is -0.380. The van der Waals surface area contributed by atoms with Gasteiger partial charge in [0.1, 0.15) is 5.60 Å². The monoisotopic (exact) mass is 767 g/mol. The number of methoxy groups -OCH3 is 1. The molecule has 0 aromatic carbocycles. The highest BCUT2D eigenvalue weighted by Gasteiger charge is 2.26. The van der Waals surface area contributed by atoms with Gasteiger partial charge in [-0.3, -0.25) is 0 Å². The van der Waals surface area contributed by atoms with E-state index in [0.717, 1.165) is 76.2 Å². The lowest BCUT2D eigenvalue weighted by atomic mass is 9.86. The summed E-state index contributed by atoms with van der Waals surface area (Å²) in [5.41, 5.74) is -0.380. The van der Waals surface area contributed by atoms with Gasteiger partial charge in [-0.25, -0.2) is 4.79 Å². The van der Waals surface area contributed by atoms with Gasteiger partial charge in [-0.15, -0.1) is 0 Å². The number of amides is 1. The highest BCUT2D eigenvalue weighted by molar-refractivity contribution is 5.68. The fourth-order valence-corrected chi connectivity index (χ4v) is 8.14. The SMILES string of the molecule is CCCCCC1CCCCC1.CCCCCC1CCN(C(=O)OC(C)(C)C)CC1.CCCCN(C)C1CCOCC1.COCCN(C)C1CCN(C)CC1. The molecule has 0 unspecified atom stereocenters. The molecule has 3 heterocycles. The van der Waals surface area contributed by atoms with E-state index < -0.39 is 0 Å². The molecule has 3 aliphatic heterocycles. The number of rotatable bonds is 16. The van der Waals surface area contributed by atoms with Crippen molar-refractivity contribution in [1.82, 2.24) is 19.6 Å². The third-order valence-corrected chi connectivity index (χ3v) is 12.1. The second-order valence-electron chi connectivity index (χ2n) is 18.1. The van der Waals surface area contributed by atoms with Crippen molar-refractivity contribution in [3.63, 3.8) is 0 Å². The molecule has 0 bridgehead atoms. The van der Waals surface area contributed by atoms with Crippen LogP contribution in [0.4, 0.5) is 4.79 Å². The summed E-state index contributed by atoms with van der Waals surface area (Å²) in [5.74, 6) is 1.92. The van der Waals surface area contributed by atoms with Gasteiger partial charge in [0.05, 0.1) is 6.61 Å². The van der Waals surface area contributed by atoms with Gasteiger partial charge in [0.25, 0.3) is 0 Å². The molecule has 8 heteroatoms. The lowest BCUT2D eigenvalue weighted by Gasteiger charge is -2.34. The quantitative estimate of drug-likeness (QED) is 0.145. The largest absolute Gasteiger partial charge is 0.444 e. The van der Waals surface area contributed by atoms with Crippen molar-refractivity contribution in [1.29, 1.82) is 0 Å². The summed E-state index contributed by atoms with van der Waals surface area (Å²) < 4.78 is 15.8. The van der Waals surface area contributed by atoms with E-state index in [4.69, 9.17) is 14.2 Å². The Bertz CT molecular complexity index is 842. The van der Waals surface area contributed by atoms with Crippen LogP contribution in [0.5, 0.6) is 0 Å². The number of likely N-dealkylation sites (tertiary alicyclic amines) is 2. The van der Waals surface area contributed by atoms with E-state index in [-0.39, 0.29) is 11.7 Å². The molecule has 0 spiro atoms. The van der Waals surface area contributed by atoms with Gasteiger partial charge in [-0.1, -0.05) is 111 Å². The predicted octanol–water partition coefficient (Wildman–Crippen LogP) is 10.9. The Balaban J connectivity index is 0.000000367. The molecule has 0 atom stereocenters. The topological polar surface area (TPSA) is 57.7 Å². The predicted molar refractivity (Wildman–Crippen MR) is 232 cm³/mol. The molecular formula is C46H94N4O4. The molecule has 322 valence electrons. The van der Waals surface area contributed by atoms with Gasteiger partial charge in [-0.05, 0) is 118 Å². The second-order valence-corrected chi connectivity index (χ2v) is 18.1. The molecule has 3 saturated heterocycles. The maximum absolute atomic E-state index is 11.9. The van der Waals surface area contributed by atoms with Crippen LogP contribution >= 0.6 is 0 Å². The number of ether oxygens (including phenoxy) is 3. The smallest absolute Gasteiger partial charge is 0.410 e. The standard InChI is InChI=1S/C15H29NO2.C11H22.C10H22N2O.C10H21NO/c1-5-6-7-8-13-9-11-16(12-10-13)14(17)18-15(2,3)4;1-2-3-5-8-11-9-6-4-7-10-11;1-11-6-4-10(5-7-11)12(2)8-9-13-3;1-3-4-7-11(2)10-5-8-12-9-6-10/h13H,5-12H2,1-4H3;11H,2-10H2,1H3;10H,4-9H2,1-3H3;10H,3-9H2,1-2H3. The summed E-state index contributed by atoms with van der Waals surface area (Å²) in [6, 6.07) is 1.55. The van der Waals surface area contributed by atoms with Crippen molar-refractivity contribution < 1.29 is 19.0 Å². The molecule has 1 aliphatic carbocycles. The van der Waals surface area contributed by atoms with E-state index in [1.165, 1.54) is 142 Å². The number of unbranched alkanes of at least 4 members (excludes halogenated alkanes) is 5. The fourth-order valence-electron chi connectivity index (χ4n) is 8.14. The summed E-state index contributed by atoms with van der Waals surface area (Å²) in [4.78, 5) is 21.1. The molecule has 1 saturated carbocycles. The van der Waals surface area contributed by atoms with Crippen molar-refractivity contribution in [2.75, 3.05) is 87.3 Å². The van der Waals surface area contributed by atoms with Crippen molar-refractivity contribution in [2.45, 2.75) is 194 Å². The van der Waals surface area contributed by atoms with Crippen LogP contribution in [0.25, 0.3) is 0 Å². The van der Waals surface area contributed by atoms with Crippen molar-refractivity contribution in [3.8, 4) is 0 Å². The third kappa shape index (κ3) is 26.1. The van der Waals surface area contributed by atoms with Crippen molar-refractivity contribution in [3.05, 3.63) is 0 Å². The lowest BCUT2D eigenvalue weighted by molar-refractivity contribution is 0.0180. The molecule has 54 heavy (non-hydrogen) atoms. The minimum absolute atomic E-state index is 0.144. The van der Waals surface area contributed by atoms with Gasteiger partial charge in [0, 0.05) is 52.0 Å². The maximum Gasteiger partial charge on any atom is 0.410 e. The van der Waals surface area contributed by atoms with Gasteiger partial charge in [-0.2, -0.15) is 0 Å². The van der Waals surface area contributed by atoms with Gasteiger partial charge >= 0.3 is 6.09 Å². The molecule has 8 nitrogen and oxygen atoms in total. The van der Waals surface area contributed by atoms with Crippen molar-refractivity contribution >= 4 is 6.09 Å². The first-order chi connectivity index (χ1) is 25.9. The first-order valence-corrected chi connectivity index (χ1v) is 23.1. The summed E-state index contributed by atoms with van der Waals surface area (Å²) >= 11 is 0. The summed E-state index contributed by atoms with van der Waals surface area (Å²) in [5, 5.41) is 0. The van der Waals surface area contributed by atoms with E-state index in [1.54, 1.807) is 7.11 Å². The van der Waals surface area contributed by atoms with Crippen molar-refractivity contribution in [2.24, 2.45) is 11.8 Å². The van der Waals surface area contributed by atoms with E-state index in [2.05, 4.69) is 56.6 Å². The first kappa shape index (κ1) is 51.1. The average molecular weight is 767 g/mol. The summed E-state index contributed by atoms with van der Waals surface area (Å²) in [6.07, 6.45) is 28.5. The van der Waals surface area contributed by atoms with Crippen LogP contribution in [-0.4, -0.2) is 131 Å². The molecular weight excluding hydrogens is 673 g/mol. The highest BCUT2D eigenvalue weighted by atomic mass is 16.6. The zero-order chi connectivity index (χ0) is 40.0. The molecule has 0 radical (unpaired) electrons. The Kier molecular flexibility index (Phi) is 30.3. The van der Waals surface area contributed by atoms with E-state index in [0.29, 0.717) is 0 Å². The lowest BCUT2D eigenvalue weighted by Crippen LogP contribution is -2.42. The molecule has 0 N–H and O–H groups in total. The van der Waals surface area contributed by atoms with Crippen LogP contribution in [0.1, 0.15) is 176 Å². The third-order valence-electron chi connectivity index (χ3n) is 12.1. The van der Waals surface area contributed by atoms with Crippen LogP contribution in [-0.2, 0) is 14.2 Å². The fraction of sp³-hybridized carbons (Fsp3) is 0.978. The van der Waals surface area contributed by atoms with Gasteiger partial charge in [0.15, 0.2) is 0 Å². The number of nitrogens with zero attached hydrogens (tertiary/aromatic N) is 4. The number of hydrogen-bond donors (Lipinski definition) is 0. The number of hydrogen-bond acceptors (Lipinski definition) is 7. The molecule has 0 aromatic rings. The zero-order valence-electron chi connectivity index (χ0n) is 37.9. The minimum Gasteiger partial charge on any atom is -0.444 e. The molecule has 4 aliphatic rings. The number of piperidine rings is 2. The van der Waals surface area contributed by atoms with Crippen LogP contribution < -0.4 is 0 Å². The molecule has 1 amide bonds. The Morgan fingerprint density at radius 3 is 1.67 bits per heavy atom. The first-order valence-electron chi connectivity index (χ1n) is 23.1. The van der Waals surface area contributed by atoms with E-state index in [9.17, 15) is 4.79 Å². The Hall–Kier alpha value is -0.930. The van der Waals surface area contributed by atoms with Crippen LogP contribution in [0, 0.1) is 11.8 Å². The van der Waals surface area contributed by atoms with E-state index >= 15 is 0 Å². The number of carbonyl (C=O) groups is 1. The summed E-state index contributed by atoms with van der Waals surface area (Å²) in [7, 11) is 8.41. The molecule has 0 aromatic heterocycles. The van der Waals surface area contributed by atoms with E-state index in [1.807, 2.05) is 25.7 Å². The summed E-state index contributed by atoms with van der Waals surface area (Å²) in [6.45, 7) is 21.8. The zero-order valence-corrected chi connectivity index (χ0v) is 37.9. The van der Waals surface area contributed by atoms with Crippen LogP contribution in [0.2, 0.25) is 0 Å². The molecule has 4 fully saturated rings. The second kappa shape index (κ2) is 32.1. The highest BCUT2D eigenvalue weighted by Crippen LogP contribution is 2.28. The number of likely N-dealkylation sites (N-methyl/N-ethyl adjacent to an activating group) is 1. The Morgan fingerprint density at radius 2 is 1.17 bits per heavy atom. The van der Waals surface area contributed by atoms with Gasteiger partial charge < -0.3 is 33.8 Å². The average Bonchev–Trinajstić information content (AvgIpc) is 3.17. The van der Waals surface area contributed by atoms with Crippen LogP contribution in [0.3, 0.4) is 0 Å². The normalized spacial score (nSPS) is 19.7. The Morgan fingerprint density at radius 1 is 0.667 bits per heavy atom.